The number of rotatable bonds is 4. The fraction of sp³-hybridized carbons (Fsp3) is 0.400. The van der Waals surface area contributed by atoms with E-state index < -0.39 is 16.8 Å². The van der Waals surface area contributed by atoms with E-state index in [4.69, 9.17) is 27.9 Å². The predicted octanol–water partition coefficient (Wildman–Crippen LogP) is 3.06. The van der Waals surface area contributed by atoms with Crippen molar-refractivity contribution in [2.75, 3.05) is 6.61 Å². The molecular weight excluding hydrogens is 242 g/mol. The van der Waals surface area contributed by atoms with Gasteiger partial charge in [0.15, 0.2) is 0 Å². The van der Waals surface area contributed by atoms with Crippen LogP contribution >= 0.6 is 23.2 Å². The molecule has 1 aromatic rings. The zero-order chi connectivity index (χ0) is 11.4. The predicted molar refractivity (Wildman–Crippen MR) is 58.0 cm³/mol. The van der Waals surface area contributed by atoms with Crippen LogP contribution in [0.2, 0.25) is 0 Å². The highest BCUT2D eigenvalue weighted by atomic mass is 35.5. The number of ether oxygens (including phenoxy) is 1. The summed E-state index contributed by atoms with van der Waals surface area (Å²) in [6.07, 6.45) is -1.12. The summed E-state index contributed by atoms with van der Waals surface area (Å²) in [5.74, 6) is -0.149. The van der Waals surface area contributed by atoms with Gasteiger partial charge in [0.1, 0.15) is 22.5 Å². The van der Waals surface area contributed by atoms with Crippen molar-refractivity contribution < 1.29 is 14.2 Å². The van der Waals surface area contributed by atoms with E-state index in [-0.39, 0.29) is 0 Å². The van der Waals surface area contributed by atoms with Crippen molar-refractivity contribution in [3.05, 3.63) is 29.6 Å². The lowest BCUT2D eigenvalue weighted by Crippen LogP contribution is -2.07. The molecular formula is C10H11Cl2FO2. The molecule has 0 aliphatic rings. The molecule has 1 unspecified atom stereocenters. The quantitative estimate of drug-likeness (QED) is 0.835. The van der Waals surface area contributed by atoms with Gasteiger partial charge in [0, 0.05) is 6.07 Å². The first-order valence-corrected chi connectivity index (χ1v) is 5.31. The van der Waals surface area contributed by atoms with Gasteiger partial charge in [-0.05, 0) is 24.6 Å². The second-order valence-corrected chi connectivity index (χ2v) is 4.10. The molecule has 1 rings (SSSR count). The van der Waals surface area contributed by atoms with Gasteiger partial charge in [0.05, 0.1) is 6.61 Å². The topological polar surface area (TPSA) is 29.5 Å². The highest BCUT2D eigenvalue weighted by Gasteiger charge is 2.17. The van der Waals surface area contributed by atoms with Crippen molar-refractivity contribution in [3.8, 4) is 5.75 Å². The third-order valence-corrected chi connectivity index (χ3v) is 2.26. The van der Waals surface area contributed by atoms with E-state index in [0.29, 0.717) is 17.9 Å². The molecule has 2 nitrogen and oxygen atoms in total. The zero-order valence-electron chi connectivity index (χ0n) is 8.08. The third kappa shape index (κ3) is 3.52. The van der Waals surface area contributed by atoms with E-state index in [1.807, 2.05) is 0 Å². The Morgan fingerprint density at radius 2 is 2.07 bits per heavy atom. The largest absolute Gasteiger partial charge is 0.494 e. The van der Waals surface area contributed by atoms with Gasteiger partial charge < -0.3 is 9.84 Å². The first-order valence-electron chi connectivity index (χ1n) is 4.44. The molecule has 1 N–H and O–H groups in total. The van der Waals surface area contributed by atoms with Crippen molar-refractivity contribution in [3.63, 3.8) is 0 Å². The smallest absolute Gasteiger partial charge is 0.137 e. The minimum absolute atomic E-state index is 0.299. The van der Waals surface area contributed by atoms with Crippen LogP contribution in [0.1, 0.15) is 18.6 Å². The summed E-state index contributed by atoms with van der Waals surface area (Å²) < 4.78 is 18.2. The Balaban J connectivity index is 2.97. The molecule has 0 heterocycles. The van der Waals surface area contributed by atoms with Gasteiger partial charge in [-0.2, -0.15) is 0 Å². The van der Waals surface area contributed by atoms with Crippen LogP contribution in [0.5, 0.6) is 5.75 Å². The minimum atomic E-state index is -1.12. The Morgan fingerprint density at radius 1 is 1.40 bits per heavy atom. The number of halogens is 3. The average molecular weight is 253 g/mol. The maximum Gasteiger partial charge on any atom is 0.137 e. The van der Waals surface area contributed by atoms with Crippen LogP contribution in [-0.4, -0.2) is 16.5 Å². The van der Waals surface area contributed by atoms with Gasteiger partial charge in [-0.15, -0.1) is 23.2 Å². The second kappa shape index (κ2) is 5.54. The summed E-state index contributed by atoms with van der Waals surface area (Å²) in [5.41, 5.74) is 0.299. The highest BCUT2D eigenvalue weighted by molar-refractivity contribution is 6.44. The summed E-state index contributed by atoms with van der Waals surface area (Å²) in [5, 5.41) is 9.53. The van der Waals surface area contributed by atoms with E-state index in [0.717, 1.165) is 0 Å². The van der Waals surface area contributed by atoms with Crippen LogP contribution in [0.4, 0.5) is 4.39 Å². The van der Waals surface area contributed by atoms with Crippen LogP contribution in [0.15, 0.2) is 18.2 Å². The molecule has 0 spiro atoms. The van der Waals surface area contributed by atoms with Crippen molar-refractivity contribution >= 4 is 23.2 Å². The monoisotopic (exact) mass is 252 g/mol. The third-order valence-electron chi connectivity index (χ3n) is 1.78. The van der Waals surface area contributed by atoms with Gasteiger partial charge >= 0.3 is 0 Å². The second-order valence-electron chi connectivity index (χ2n) is 2.93. The summed E-state index contributed by atoms with van der Waals surface area (Å²) in [6, 6.07) is 3.91. The Labute approximate surface area is 97.6 Å². The zero-order valence-corrected chi connectivity index (χ0v) is 9.60. The SMILES string of the molecule is CCOc1cc(F)cc(C(O)C(Cl)Cl)c1. The number of aliphatic hydroxyl groups excluding tert-OH is 1. The van der Waals surface area contributed by atoms with Crippen LogP contribution in [-0.2, 0) is 0 Å². The van der Waals surface area contributed by atoms with E-state index in [1.165, 1.54) is 18.2 Å². The summed E-state index contributed by atoms with van der Waals surface area (Å²) in [4.78, 5) is -0.999. The Kier molecular flexibility index (Phi) is 4.64. The number of hydrogen-bond donors (Lipinski definition) is 1. The number of alkyl halides is 2. The minimum Gasteiger partial charge on any atom is -0.494 e. The van der Waals surface area contributed by atoms with Crippen molar-refractivity contribution in [2.45, 2.75) is 17.9 Å². The van der Waals surface area contributed by atoms with Crippen LogP contribution in [0, 0.1) is 5.82 Å². The van der Waals surface area contributed by atoms with Crippen molar-refractivity contribution in [1.82, 2.24) is 0 Å². The molecule has 15 heavy (non-hydrogen) atoms. The number of hydrogen-bond acceptors (Lipinski definition) is 2. The van der Waals surface area contributed by atoms with Gasteiger partial charge in [0.25, 0.3) is 0 Å². The molecule has 0 amide bonds. The standard InChI is InChI=1S/C10H11Cl2FO2/c1-2-15-8-4-6(3-7(13)5-8)9(14)10(11)12/h3-5,9-10,14H,2H2,1H3. The molecule has 5 heteroatoms. The van der Waals surface area contributed by atoms with Crippen LogP contribution in [0.3, 0.4) is 0 Å². The Bertz CT molecular complexity index is 331. The fourth-order valence-corrected chi connectivity index (χ4v) is 1.44. The van der Waals surface area contributed by atoms with Crippen LogP contribution in [0.25, 0.3) is 0 Å². The maximum atomic E-state index is 13.1. The molecule has 0 aliphatic heterocycles. The summed E-state index contributed by atoms with van der Waals surface area (Å²) in [7, 11) is 0. The average Bonchev–Trinajstić information content (AvgIpc) is 2.16. The molecule has 0 aliphatic carbocycles. The molecule has 0 saturated heterocycles. The normalized spacial score (nSPS) is 12.9. The van der Waals surface area contributed by atoms with E-state index >= 15 is 0 Å². The molecule has 0 fully saturated rings. The lowest BCUT2D eigenvalue weighted by molar-refractivity contribution is 0.191. The first-order chi connectivity index (χ1) is 7.04. The Morgan fingerprint density at radius 3 is 2.60 bits per heavy atom. The highest BCUT2D eigenvalue weighted by Crippen LogP contribution is 2.27. The van der Waals surface area contributed by atoms with Gasteiger partial charge in [-0.3, -0.25) is 0 Å². The molecule has 0 aromatic heterocycles. The lowest BCUT2D eigenvalue weighted by atomic mass is 10.1. The molecule has 84 valence electrons. The van der Waals surface area contributed by atoms with E-state index in [1.54, 1.807) is 6.92 Å². The first kappa shape index (κ1) is 12.6. The van der Waals surface area contributed by atoms with Gasteiger partial charge in [-0.25, -0.2) is 4.39 Å². The maximum absolute atomic E-state index is 13.1. The molecule has 1 aromatic carbocycles. The molecule has 0 radical (unpaired) electrons. The number of benzene rings is 1. The molecule has 0 saturated carbocycles. The fourth-order valence-electron chi connectivity index (χ4n) is 1.15. The Hall–Kier alpha value is -0.510. The van der Waals surface area contributed by atoms with Gasteiger partial charge in [0.2, 0.25) is 0 Å². The van der Waals surface area contributed by atoms with Crippen LogP contribution < -0.4 is 4.74 Å². The van der Waals surface area contributed by atoms with E-state index in [2.05, 4.69) is 0 Å². The lowest BCUT2D eigenvalue weighted by Gasteiger charge is -2.13. The summed E-state index contributed by atoms with van der Waals surface area (Å²) in [6.45, 7) is 2.21. The summed E-state index contributed by atoms with van der Waals surface area (Å²) >= 11 is 11.0. The van der Waals surface area contributed by atoms with Gasteiger partial charge in [-0.1, -0.05) is 0 Å². The number of aliphatic hydroxyl groups is 1. The van der Waals surface area contributed by atoms with E-state index in [9.17, 15) is 9.50 Å². The molecule has 1 atom stereocenters. The van der Waals surface area contributed by atoms with Crippen molar-refractivity contribution in [1.29, 1.82) is 0 Å². The van der Waals surface area contributed by atoms with Crippen molar-refractivity contribution in [2.24, 2.45) is 0 Å². The molecule has 0 bridgehead atoms.